The molecule has 4 unspecified atom stereocenters. The summed E-state index contributed by atoms with van der Waals surface area (Å²) in [5.41, 5.74) is 3.76. The summed E-state index contributed by atoms with van der Waals surface area (Å²) in [6.07, 6.45) is 3.91. The molecule has 18 heteroatoms. The number of hydrogen-bond donors (Lipinski definition) is 0. The minimum atomic E-state index is -4.45. The Morgan fingerprint density at radius 1 is 0.581 bits per heavy atom. The van der Waals surface area contributed by atoms with E-state index in [1.54, 1.807) is 23.5 Å². The van der Waals surface area contributed by atoms with Crippen LogP contribution in [0, 0.1) is 11.8 Å². The average Bonchev–Trinajstić information content (AvgIpc) is 3.12. The summed E-state index contributed by atoms with van der Waals surface area (Å²) in [7, 11) is 2.67. The number of rotatable bonds is 32. The van der Waals surface area contributed by atoms with Crippen LogP contribution in [0.5, 0.6) is 0 Å². The molecule has 0 spiro atoms. The van der Waals surface area contributed by atoms with Crippen molar-refractivity contribution in [2.75, 3.05) is 118 Å². The van der Waals surface area contributed by atoms with E-state index in [2.05, 4.69) is 66.7 Å². The number of carbonyl (C=O) groups is 2. The smallest absolute Gasteiger partial charge is 0.309 e. The molecule has 0 saturated carbocycles. The molecule has 0 aromatic heterocycles. The number of phosphoric acid groups is 2. The van der Waals surface area contributed by atoms with E-state index in [9.17, 15) is 28.5 Å². The Balaban J connectivity index is 2.59. The van der Waals surface area contributed by atoms with Crippen LogP contribution in [0.4, 0.5) is 0 Å². The predicted molar refractivity (Wildman–Crippen MR) is 249 cm³/mol. The Labute approximate surface area is 383 Å². The molecule has 0 saturated heterocycles. The van der Waals surface area contributed by atoms with Crippen molar-refractivity contribution in [2.45, 2.75) is 104 Å². The van der Waals surface area contributed by atoms with Gasteiger partial charge >= 0.3 is 11.9 Å². The lowest BCUT2D eigenvalue weighted by atomic mass is 9.72. The van der Waals surface area contributed by atoms with Gasteiger partial charge in [-0.15, -0.1) is 0 Å². The molecule has 1 aromatic carbocycles. The maximum Gasteiger partial charge on any atom is 0.309 e. The molecular weight excluding hydrogens is 875 g/mol. The van der Waals surface area contributed by atoms with Gasteiger partial charge in [0.2, 0.25) is 0 Å². The lowest BCUT2D eigenvalue weighted by Crippen LogP contribution is -2.37. The fourth-order valence-corrected chi connectivity index (χ4v) is 9.18. The third-order valence-corrected chi connectivity index (χ3v) is 14.9. The summed E-state index contributed by atoms with van der Waals surface area (Å²) in [5, 5.41) is 0. The van der Waals surface area contributed by atoms with Crippen molar-refractivity contribution in [3.05, 3.63) is 34.9 Å². The summed E-state index contributed by atoms with van der Waals surface area (Å²) < 4.78 is 55.0. The number of quaternary nitrogens is 2. The van der Waals surface area contributed by atoms with Gasteiger partial charge in [0.1, 0.15) is 39.5 Å². The maximum absolute atomic E-state index is 12.5. The summed E-state index contributed by atoms with van der Waals surface area (Å²) in [6.45, 7) is 19.7. The number of carbonyl (C=O) groups excluding carboxylic acids is 2. The maximum atomic E-state index is 12.5. The Bertz CT molecular complexity index is 1500. The molecule has 0 radical (unpaired) electrons. The third-order valence-electron chi connectivity index (χ3n) is 10.3. The van der Waals surface area contributed by atoms with E-state index >= 15 is 0 Å². The summed E-state index contributed by atoms with van der Waals surface area (Å²) in [6, 6.07) is 7.10. The van der Waals surface area contributed by atoms with Gasteiger partial charge in [-0.1, -0.05) is 80.5 Å². The fourth-order valence-electron chi connectivity index (χ4n) is 5.81. The lowest BCUT2D eigenvalue weighted by molar-refractivity contribution is -0.870. The Morgan fingerprint density at radius 3 is 1.23 bits per heavy atom. The first-order valence-corrected chi connectivity index (χ1v) is 26.9. The van der Waals surface area contributed by atoms with Crippen molar-refractivity contribution in [2.24, 2.45) is 11.8 Å². The van der Waals surface area contributed by atoms with Crippen LogP contribution < -0.4 is 9.79 Å². The number of likely N-dealkylation sites (N-methyl/N-ethyl adjacent to an activating group) is 2. The summed E-state index contributed by atoms with van der Waals surface area (Å²) in [4.78, 5) is 48.9. The van der Waals surface area contributed by atoms with Gasteiger partial charge in [-0.05, 0) is 70.1 Å². The second-order valence-electron chi connectivity index (χ2n) is 20.6. The number of nitrogens with zero attached hydrogens (tertiary/aromatic N) is 2. The number of ether oxygens (including phenoxy) is 2. The zero-order chi connectivity index (χ0) is 47.6. The van der Waals surface area contributed by atoms with E-state index in [1.165, 1.54) is 16.7 Å². The Hall–Kier alpha value is -1.00. The van der Waals surface area contributed by atoms with Gasteiger partial charge < -0.3 is 46.3 Å². The highest BCUT2D eigenvalue weighted by Crippen LogP contribution is 2.40. The number of hydrogen-bond acceptors (Lipinski definition) is 14. The van der Waals surface area contributed by atoms with Crippen LogP contribution in [-0.2, 0) is 62.5 Å². The Morgan fingerprint density at radius 2 is 0.903 bits per heavy atom. The van der Waals surface area contributed by atoms with Crippen molar-refractivity contribution in [3.8, 4) is 0 Å². The molecule has 0 N–H and O–H groups in total. The molecule has 0 heterocycles. The van der Waals surface area contributed by atoms with Gasteiger partial charge in [0.25, 0.3) is 15.6 Å². The quantitative estimate of drug-likeness (QED) is 0.0304. The molecule has 0 aliphatic heterocycles. The zero-order valence-electron chi connectivity index (χ0n) is 40.7. The van der Waals surface area contributed by atoms with Crippen LogP contribution in [0.15, 0.2) is 18.2 Å². The van der Waals surface area contributed by atoms with Crippen LogP contribution in [-0.4, -0.2) is 139 Å². The lowest BCUT2D eigenvalue weighted by Gasteiger charge is -2.33. The van der Waals surface area contributed by atoms with Gasteiger partial charge in [-0.3, -0.25) is 18.7 Å². The van der Waals surface area contributed by atoms with E-state index in [4.69, 9.17) is 27.6 Å². The van der Waals surface area contributed by atoms with Gasteiger partial charge in [-0.2, -0.15) is 23.5 Å². The van der Waals surface area contributed by atoms with Crippen molar-refractivity contribution >= 4 is 51.1 Å². The van der Waals surface area contributed by atoms with Gasteiger partial charge in [0, 0.05) is 11.5 Å². The molecule has 0 aliphatic rings. The number of esters is 2. The van der Waals surface area contributed by atoms with Gasteiger partial charge in [0.05, 0.1) is 67.3 Å². The fraction of sp³-hybridized carbons (Fsp3) is 0.818. The molecule has 0 aliphatic carbocycles. The van der Waals surface area contributed by atoms with E-state index in [1.807, 2.05) is 56.1 Å². The second kappa shape index (κ2) is 26.4. The molecule has 4 atom stereocenters. The highest BCUT2D eigenvalue weighted by molar-refractivity contribution is 7.99. The number of phosphoric ester groups is 2. The largest absolute Gasteiger partial charge is 0.756 e. The van der Waals surface area contributed by atoms with E-state index in [0.29, 0.717) is 33.6 Å². The second-order valence-corrected chi connectivity index (χ2v) is 25.7. The first-order chi connectivity index (χ1) is 28.3. The van der Waals surface area contributed by atoms with Crippen LogP contribution in [0.3, 0.4) is 0 Å². The van der Waals surface area contributed by atoms with Crippen LogP contribution >= 0.6 is 39.2 Å². The Kier molecular flexibility index (Phi) is 25.1. The van der Waals surface area contributed by atoms with Crippen LogP contribution in [0.25, 0.3) is 0 Å². The average molecular weight is 957 g/mol. The first-order valence-electron chi connectivity index (χ1n) is 21.7. The van der Waals surface area contributed by atoms with Crippen LogP contribution in [0.1, 0.15) is 105 Å². The monoisotopic (exact) mass is 956 g/mol. The summed E-state index contributed by atoms with van der Waals surface area (Å²) in [5.74, 6) is 1.55. The molecule has 362 valence electrons. The molecule has 1 rings (SSSR count). The molecule has 0 fully saturated rings. The SMILES string of the molecule is CC(CSCCCC(C)(C)c1cc(C(C)(C)C)cc(C(C)(C)CCCSCC(C)C(=O)OCCOP(=O)([O-])OCC[N+](C)(C)C)c1)C(=O)OCCOP(=O)([O-])OCC[N+](C)(C)C. The molecule has 62 heavy (non-hydrogen) atoms. The van der Waals surface area contributed by atoms with Gasteiger partial charge in [0.15, 0.2) is 0 Å². The zero-order valence-corrected chi connectivity index (χ0v) is 44.1. The number of benzene rings is 1. The van der Waals surface area contributed by atoms with E-state index < -0.39 is 15.6 Å². The van der Waals surface area contributed by atoms with Crippen molar-refractivity contribution in [1.29, 1.82) is 0 Å². The predicted octanol–water partition coefficient (Wildman–Crippen LogP) is 7.34. The van der Waals surface area contributed by atoms with Crippen molar-refractivity contribution in [1.82, 2.24) is 0 Å². The number of thioether (sulfide) groups is 2. The van der Waals surface area contributed by atoms with Crippen molar-refractivity contribution < 1.29 is 65.0 Å². The van der Waals surface area contributed by atoms with E-state index in [0.717, 1.165) is 37.2 Å². The molecule has 1 aromatic rings. The molecular formula is C44H82N2O12P2S2. The topological polar surface area (TPSA) is 170 Å². The summed E-state index contributed by atoms with van der Waals surface area (Å²) >= 11 is 3.43. The van der Waals surface area contributed by atoms with Gasteiger partial charge in [-0.25, -0.2) is 0 Å². The highest BCUT2D eigenvalue weighted by Gasteiger charge is 2.29. The minimum absolute atomic E-state index is 0.0127. The minimum Gasteiger partial charge on any atom is -0.756 e. The normalized spacial score (nSPS) is 16.0. The highest BCUT2D eigenvalue weighted by atomic mass is 32.2. The molecule has 0 amide bonds. The van der Waals surface area contributed by atoms with Crippen LogP contribution in [0.2, 0.25) is 0 Å². The first kappa shape index (κ1) is 59.0. The van der Waals surface area contributed by atoms with E-state index in [-0.39, 0.29) is 79.7 Å². The molecule has 0 bridgehead atoms. The van der Waals surface area contributed by atoms with Crippen molar-refractivity contribution in [3.63, 3.8) is 0 Å². The third kappa shape index (κ3) is 26.2. The molecule has 14 nitrogen and oxygen atoms in total. The standard InChI is InChI=1S/C44H82N2O12P2S2/c1-35(40(47)53-24-26-57-59(49,50)55-22-20-45(10,11)12)33-61-28-16-18-43(6,7)38-30-37(42(3,4)5)31-39(32-38)44(8,9)19-17-29-62-34-36(2)41(48)54-25-27-58-60(51,52)56-23-21-46(13,14)15/h30-32,35-36H,16-29,33-34H2,1-15H3.